The molecule has 4 rings (SSSR count). The van der Waals surface area contributed by atoms with E-state index in [0.29, 0.717) is 28.1 Å². The van der Waals surface area contributed by atoms with Gasteiger partial charge < -0.3 is 11.1 Å². The van der Waals surface area contributed by atoms with Crippen LogP contribution in [0.1, 0.15) is 52.4 Å². The van der Waals surface area contributed by atoms with Gasteiger partial charge in [0.05, 0.1) is 20.5 Å². The standard InChI is InChI=1S/C15H20FN5OS.C6H5Cl2N.C2H6/c1-14(2)13(17)21-15(3,10-6-7-19-23(10)14)12-9(16)4-5-11(20-12)18-8-22;1-4-6(8)2-5(7)3-9-4;1-2/h4-5,8,10H,6-7H2,1-3H3,(H2,17,21)(H,18,20,22);2-3H,1H3;1-2H3/t10?,15-,23?;;/m0../s1. The number of aromatic nitrogens is 2. The third-order valence-corrected chi connectivity index (χ3v) is 9.07. The number of rotatable bonds is 3. The van der Waals surface area contributed by atoms with Gasteiger partial charge in [0.1, 0.15) is 28.7 Å². The smallest absolute Gasteiger partial charge is 0.212 e. The van der Waals surface area contributed by atoms with E-state index in [2.05, 4.69) is 20.3 Å². The SMILES string of the molecule is CC.CC1(C)C(N)=N[C@](C)(c2nc(NC=O)ccc2F)C2CCN=S21.Cc1ncc(Cl)cc1Cl. The number of hydrogen-bond acceptors (Lipinski definition) is 6. The number of hydrogen-bond donors (Lipinski definition) is 2. The van der Waals surface area contributed by atoms with E-state index in [1.54, 1.807) is 12.3 Å². The molecule has 1 amide bonds. The van der Waals surface area contributed by atoms with Crippen molar-refractivity contribution in [1.29, 1.82) is 0 Å². The molecule has 0 radical (unpaired) electrons. The summed E-state index contributed by atoms with van der Waals surface area (Å²) < 4.78 is 18.9. The Hall–Kier alpha value is -2.10. The minimum absolute atomic E-state index is 0.0540. The Morgan fingerprint density at radius 2 is 1.94 bits per heavy atom. The van der Waals surface area contributed by atoms with Gasteiger partial charge in [-0.1, -0.05) is 47.7 Å². The Morgan fingerprint density at radius 3 is 2.53 bits per heavy atom. The minimum Gasteiger partial charge on any atom is -0.386 e. The Bertz CT molecular complexity index is 1110. The number of aliphatic imine (C=N–C) groups is 1. The zero-order chi connectivity index (χ0) is 25.7. The molecule has 2 aliphatic heterocycles. The van der Waals surface area contributed by atoms with Crippen LogP contribution in [0.15, 0.2) is 33.8 Å². The second-order valence-electron chi connectivity index (χ2n) is 8.11. The molecule has 0 aliphatic carbocycles. The fourth-order valence-corrected chi connectivity index (χ4v) is 6.76. The zero-order valence-electron chi connectivity index (χ0n) is 20.2. The molecule has 2 aromatic heterocycles. The van der Waals surface area contributed by atoms with E-state index in [4.69, 9.17) is 33.3 Å². The average Bonchev–Trinajstić information content (AvgIpc) is 3.31. The number of amidine groups is 1. The lowest BCUT2D eigenvalue weighted by atomic mass is 9.90. The summed E-state index contributed by atoms with van der Waals surface area (Å²) in [6.45, 7) is 12.5. The van der Waals surface area contributed by atoms with E-state index < -0.39 is 11.4 Å². The number of fused-ring (bicyclic) bond motifs is 1. The molecule has 2 aliphatic rings. The van der Waals surface area contributed by atoms with Crippen LogP contribution in [0, 0.1) is 12.7 Å². The second kappa shape index (κ2) is 11.6. The summed E-state index contributed by atoms with van der Waals surface area (Å²) in [6.07, 6.45) is 2.92. The maximum absolute atomic E-state index is 14.5. The minimum atomic E-state index is -0.882. The molecule has 7 nitrogen and oxygen atoms in total. The van der Waals surface area contributed by atoms with Gasteiger partial charge in [0.15, 0.2) is 0 Å². The third kappa shape index (κ3) is 5.75. The summed E-state index contributed by atoms with van der Waals surface area (Å²) in [4.78, 5) is 23.5. The number of anilines is 1. The number of carbonyl (C=O) groups excluding carboxylic acids is 1. The molecule has 0 bridgehead atoms. The fourth-order valence-electron chi connectivity index (χ4n) is 3.68. The zero-order valence-corrected chi connectivity index (χ0v) is 22.5. The molecule has 2 aromatic rings. The highest BCUT2D eigenvalue weighted by molar-refractivity contribution is 7.90. The van der Waals surface area contributed by atoms with Crippen molar-refractivity contribution in [2.45, 2.75) is 63.5 Å². The topological polar surface area (TPSA) is 106 Å². The van der Waals surface area contributed by atoms with Gasteiger partial charge in [-0.25, -0.2) is 9.37 Å². The van der Waals surface area contributed by atoms with Gasteiger partial charge in [0, 0.05) is 18.0 Å². The number of nitrogens with one attached hydrogen (secondary N) is 1. The quantitative estimate of drug-likeness (QED) is 0.516. The molecule has 0 fully saturated rings. The molecule has 0 saturated heterocycles. The number of aryl methyl sites for hydroxylation is 1. The van der Waals surface area contributed by atoms with Crippen molar-refractivity contribution in [1.82, 2.24) is 9.97 Å². The number of nitrogens with two attached hydrogens (primary N) is 1. The number of amides is 1. The average molecular weight is 530 g/mol. The fraction of sp³-hybridized carbons (Fsp3) is 0.478. The Kier molecular flexibility index (Phi) is 9.56. The summed E-state index contributed by atoms with van der Waals surface area (Å²) in [7, 11) is -0.342. The first-order valence-corrected chi connectivity index (χ1v) is 12.9. The normalized spacial score (nSPS) is 24.2. The number of pyridine rings is 2. The molecule has 0 saturated carbocycles. The first-order valence-electron chi connectivity index (χ1n) is 10.9. The predicted molar refractivity (Wildman–Crippen MR) is 140 cm³/mol. The Labute approximate surface area is 212 Å². The molecular weight excluding hydrogens is 498 g/mol. The molecule has 11 heteroatoms. The van der Waals surface area contributed by atoms with E-state index in [0.717, 1.165) is 18.7 Å². The van der Waals surface area contributed by atoms with Gasteiger partial charge >= 0.3 is 0 Å². The van der Waals surface area contributed by atoms with Gasteiger partial charge in [-0.2, -0.15) is 0 Å². The molecule has 3 atom stereocenters. The summed E-state index contributed by atoms with van der Waals surface area (Å²) in [5.74, 6) is 0.321. The van der Waals surface area contributed by atoms with Crippen LogP contribution >= 0.6 is 23.2 Å². The molecule has 0 spiro atoms. The summed E-state index contributed by atoms with van der Waals surface area (Å²) >= 11 is 11.2. The third-order valence-electron chi connectivity index (χ3n) is 5.53. The van der Waals surface area contributed by atoms with Gasteiger partial charge in [0.25, 0.3) is 0 Å². The first-order chi connectivity index (χ1) is 16.0. The highest BCUT2D eigenvalue weighted by Crippen LogP contribution is 2.45. The highest BCUT2D eigenvalue weighted by Gasteiger charge is 2.52. The molecular formula is C23H31Cl2FN6OS. The van der Waals surface area contributed by atoms with Crippen LogP contribution in [0.2, 0.25) is 10.0 Å². The van der Waals surface area contributed by atoms with Gasteiger partial charge in [0.2, 0.25) is 6.41 Å². The summed E-state index contributed by atoms with van der Waals surface area (Å²) in [5.41, 5.74) is 6.34. The molecule has 4 heterocycles. The number of halogens is 3. The Balaban J connectivity index is 0.000000311. The van der Waals surface area contributed by atoms with Crippen LogP contribution < -0.4 is 11.1 Å². The molecule has 3 N–H and O–H groups in total. The van der Waals surface area contributed by atoms with Gasteiger partial charge in [-0.15, -0.1) is 0 Å². The Morgan fingerprint density at radius 1 is 1.26 bits per heavy atom. The molecule has 186 valence electrons. The van der Waals surface area contributed by atoms with E-state index in [1.807, 2.05) is 41.5 Å². The lowest BCUT2D eigenvalue weighted by Gasteiger charge is -2.43. The predicted octanol–water partition coefficient (Wildman–Crippen LogP) is 5.45. The van der Waals surface area contributed by atoms with E-state index >= 15 is 0 Å². The summed E-state index contributed by atoms with van der Waals surface area (Å²) in [6, 6.07) is 4.40. The van der Waals surface area contributed by atoms with Crippen molar-refractivity contribution in [2.24, 2.45) is 15.1 Å². The van der Waals surface area contributed by atoms with Crippen molar-refractivity contribution in [3.63, 3.8) is 0 Å². The lowest BCUT2D eigenvalue weighted by Crippen LogP contribution is -2.56. The van der Waals surface area contributed by atoms with Crippen molar-refractivity contribution in [2.75, 3.05) is 11.9 Å². The lowest BCUT2D eigenvalue weighted by molar-refractivity contribution is -0.105. The first kappa shape index (κ1) is 28.1. The molecule has 0 aromatic carbocycles. The summed E-state index contributed by atoms with van der Waals surface area (Å²) in [5, 5.41) is 3.70. The largest absolute Gasteiger partial charge is 0.386 e. The monoisotopic (exact) mass is 528 g/mol. The number of carbonyl (C=O) groups is 1. The van der Waals surface area contributed by atoms with E-state index in [1.165, 1.54) is 12.1 Å². The van der Waals surface area contributed by atoms with Crippen molar-refractivity contribution >= 4 is 52.0 Å². The van der Waals surface area contributed by atoms with Gasteiger partial charge in [-0.05, 0) is 52.3 Å². The highest BCUT2D eigenvalue weighted by atomic mass is 35.5. The molecule has 34 heavy (non-hydrogen) atoms. The van der Waals surface area contributed by atoms with Crippen LogP contribution in [0.5, 0.6) is 0 Å². The van der Waals surface area contributed by atoms with Gasteiger partial charge in [-0.3, -0.25) is 19.1 Å². The van der Waals surface area contributed by atoms with E-state index in [9.17, 15) is 9.18 Å². The van der Waals surface area contributed by atoms with Crippen LogP contribution in [0.4, 0.5) is 10.2 Å². The number of nitrogens with zero attached hydrogens (tertiary/aromatic N) is 4. The van der Waals surface area contributed by atoms with Crippen LogP contribution in [0.3, 0.4) is 0 Å². The van der Waals surface area contributed by atoms with Crippen LogP contribution in [0.25, 0.3) is 0 Å². The van der Waals surface area contributed by atoms with Crippen molar-refractivity contribution < 1.29 is 9.18 Å². The molecule has 2 unspecified atom stereocenters. The van der Waals surface area contributed by atoms with Crippen molar-refractivity contribution in [3.05, 3.63) is 51.6 Å². The maximum Gasteiger partial charge on any atom is 0.212 e. The second-order valence-corrected chi connectivity index (χ2v) is 11.4. The van der Waals surface area contributed by atoms with Crippen LogP contribution in [-0.4, -0.2) is 38.8 Å². The maximum atomic E-state index is 14.5. The van der Waals surface area contributed by atoms with E-state index in [-0.39, 0.29) is 26.4 Å². The van der Waals surface area contributed by atoms with Crippen LogP contribution in [-0.2, 0) is 21.0 Å². The van der Waals surface area contributed by atoms with Crippen molar-refractivity contribution in [3.8, 4) is 0 Å².